The number of ketones is 1. The summed E-state index contributed by atoms with van der Waals surface area (Å²) < 4.78 is 50.0. The molecule has 1 N–H and O–H groups in total. The van der Waals surface area contributed by atoms with Gasteiger partial charge in [0.2, 0.25) is 0 Å². The topological polar surface area (TPSA) is 89.9 Å². The highest BCUT2D eigenvalue weighted by Gasteiger charge is 2.58. The van der Waals surface area contributed by atoms with Crippen molar-refractivity contribution in [3.05, 3.63) is 64.2 Å². The van der Waals surface area contributed by atoms with Crippen LogP contribution in [-0.2, 0) is 41.5 Å². The Morgan fingerprint density at radius 3 is 1.45 bits per heavy atom. The molecule has 0 fully saturated rings. The number of hydrogen-bond acceptors (Lipinski definition) is 6. The molecule has 0 saturated heterocycles. The monoisotopic (exact) mass is 536 g/mol. The van der Waals surface area contributed by atoms with Gasteiger partial charge in [0.1, 0.15) is 5.75 Å². The Balaban J connectivity index is 3.06. The summed E-state index contributed by atoms with van der Waals surface area (Å²) in [5.41, 5.74) is -4.77. The molecule has 0 radical (unpaired) electrons. The number of esters is 2. The summed E-state index contributed by atoms with van der Waals surface area (Å²) in [6, 6.07) is 6.00. The Labute approximate surface area is 221 Å². The highest BCUT2D eigenvalue weighted by molar-refractivity contribution is 6.30. The summed E-state index contributed by atoms with van der Waals surface area (Å²) in [6.45, 7) is 13.5. The largest absolute Gasteiger partial charge is 0.507 e. The van der Waals surface area contributed by atoms with Crippen molar-refractivity contribution in [3.63, 3.8) is 0 Å². The van der Waals surface area contributed by atoms with Crippen molar-refractivity contribution >= 4 is 17.7 Å². The van der Waals surface area contributed by atoms with Gasteiger partial charge in [0.25, 0.3) is 5.41 Å². The first-order chi connectivity index (χ1) is 17.3. The summed E-state index contributed by atoms with van der Waals surface area (Å²) in [4.78, 5) is 41.4. The Morgan fingerprint density at radius 1 is 0.737 bits per heavy atom. The van der Waals surface area contributed by atoms with Crippen LogP contribution in [0.25, 0.3) is 0 Å². The molecule has 0 aliphatic carbocycles. The first kappa shape index (κ1) is 30.9. The van der Waals surface area contributed by atoms with Crippen LogP contribution in [0.15, 0.2) is 36.4 Å². The molecule has 0 atom stereocenters. The van der Waals surface area contributed by atoms with Crippen LogP contribution in [0.4, 0.5) is 13.2 Å². The number of phenolic OH excluding ortho intramolecular Hbond substituents is 1. The Bertz CT molecular complexity index is 1150. The maximum atomic E-state index is 14.1. The molecule has 0 saturated carbocycles. The maximum absolute atomic E-state index is 14.1. The minimum atomic E-state index is -4.65. The van der Waals surface area contributed by atoms with E-state index in [-0.39, 0.29) is 30.1 Å². The molecule has 0 aliphatic rings. The normalized spacial score (nSPS) is 12.7. The molecule has 208 valence electrons. The second-order valence-corrected chi connectivity index (χ2v) is 11.0. The molecule has 0 spiro atoms. The second-order valence-electron chi connectivity index (χ2n) is 11.0. The van der Waals surface area contributed by atoms with E-state index in [4.69, 9.17) is 9.47 Å². The van der Waals surface area contributed by atoms with Gasteiger partial charge in [0, 0.05) is 5.56 Å². The molecule has 0 unspecified atom stereocenters. The highest BCUT2D eigenvalue weighted by Crippen LogP contribution is 2.44. The summed E-state index contributed by atoms with van der Waals surface area (Å²) in [7, 11) is 0. The molecule has 2 aromatic carbocycles. The molecule has 6 nitrogen and oxygen atoms in total. The summed E-state index contributed by atoms with van der Waals surface area (Å²) >= 11 is 0. The van der Waals surface area contributed by atoms with Crippen molar-refractivity contribution in [1.29, 1.82) is 0 Å². The van der Waals surface area contributed by atoms with Crippen LogP contribution >= 0.6 is 0 Å². The summed E-state index contributed by atoms with van der Waals surface area (Å²) in [5, 5.41) is 11.2. The lowest BCUT2D eigenvalue weighted by atomic mass is 9.69. The molecule has 2 aromatic rings. The van der Waals surface area contributed by atoms with Gasteiger partial charge in [-0.1, -0.05) is 53.7 Å². The van der Waals surface area contributed by atoms with E-state index in [9.17, 15) is 32.7 Å². The molecule has 2 rings (SSSR count). The summed E-state index contributed by atoms with van der Waals surface area (Å²) in [5.74, 6) is -3.62. The van der Waals surface area contributed by atoms with Crippen molar-refractivity contribution in [2.24, 2.45) is 0 Å². The Morgan fingerprint density at radius 2 is 1.13 bits per heavy atom. The van der Waals surface area contributed by atoms with Gasteiger partial charge in [-0.3, -0.25) is 4.79 Å². The van der Waals surface area contributed by atoms with E-state index in [0.29, 0.717) is 23.3 Å². The predicted molar refractivity (Wildman–Crippen MR) is 136 cm³/mol. The fraction of sp³-hybridized carbons (Fsp3) is 0.483. The van der Waals surface area contributed by atoms with Gasteiger partial charge in [0.15, 0.2) is 5.78 Å². The average Bonchev–Trinajstić information content (AvgIpc) is 2.78. The molecule has 0 aliphatic heterocycles. The van der Waals surface area contributed by atoms with Gasteiger partial charge in [-0.05, 0) is 65.6 Å². The van der Waals surface area contributed by atoms with E-state index in [2.05, 4.69) is 0 Å². The Hall–Kier alpha value is -3.36. The van der Waals surface area contributed by atoms with Gasteiger partial charge in [-0.25, -0.2) is 9.59 Å². The fourth-order valence-electron chi connectivity index (χ4n) is 4.14. The van der Waals surface area contributed by atoms with Crippen LogP contribution < -0.4 is 0 Å². The molecule has 0 amide bonds. The van der Waals surface area contributed by atoms with Crippen molar-refractivity contribution in [3.8, 4) is 5.75 Å². The Kier molecular flexibility index (Phi) is 8.76. The van der Waals surface area contributed by atoms with E-state index in [0.717, 1.165) is 12.1 Å². The SMILES string of the molecule is CCOC(=O)C(C(=O)OCC)(C(=O)c1ccc(C(F)(F)F)cc1)c1cc(C(C)(C)C)c(O)c(C(C)(C)C)c1. The predicted octanol–water partition coefficient (Wildman–Crippen LogP) is 6.25. The van der Waals surface area contributed by atoms with Crippen LogP contribution in [0.1, 0.15) is 88.0 Å². The number of hydrogen-bond donors (Lipinski definition) is 1. The molecule has 0 aromatic heterocycles. The van der Waals surface area contributed by atoms with E-state index >= 15 is 0 Å². The number of rotatable bonds is 7. The first-order valence-corrected chi connectivity index (χ1v) is 12.3. The molecule has 0 heterocycles. The minimum absolute atomic E-state index is 0.0580. The van der Waals surface area contributed by atoms with Crippen molar-refractivity contribution in [2.75, 3.05) is 13.2 Å². The quantitative estimate of drug-likeness (QED) is 0.256. The number of phenols is 1. The summed E-state index contributed by atoms with van der Waals surface area (Å²) in [6.07, 6.45) is -4.65. The number of carbonyl (C=O) groups excluding carboxylic acids is 3. The number of Topliss-reactive ketones (excluding diaryl/α,β-unsaturated/α-hetero) is 1. The zero-order valence-corrected chi connectivity index (χ0v) is 23.0. The van der Waals surface area contributed by atoms with Gasteiger partial charge in [-0.2, -0.15) is 13.2 Å². The van der Waals surface area contributed by atoms with Gasteiger partial charge in [0.05, 0.1) is 18.8 Å². The van der Waals surface area contributed by atoms with Crippen LogP contribution in [-0.4, -0.2) is 36.0 Å². The first-order valence-electron chi connectivity index (χ1n) is 12.3. The highest BCUT2D eigenvalue weighted by atomic mass is 19.4. The van der Waals surface area contributed by atoms with Crippen LogP contribution in [0.3, 0.4) is 0 Å². The average molecular weight is 537 g/mol. The van der Waals surface area contributed by atoms with E-state index in [1.807, 2.05) is 41.5 Å². The number of halogens is 3. The molecular weight excluding hydrogens is 501 g/mol. The zero-order chi connectivity index (χ0) is 29.3. The molecule has 9 heteroatoms. The molecule has 38 heavy (non-hydrogen) atoms. The second kappa shape index (κ2) is 10.8. The lowest BCUT2D eigenvalue weighted by Crippen LogP contribution is -2.53. The molecular formula is C29H35F3O6. The lowest BCUT2D eigenvalue weighted by molar-refractivity contribution is -0.161. The van der Waals surface area contributed by atoms with Crippen LogP contribution in [0.2, 0.25) is 0 Å². The molecule has 0 bridgehead atoms. The number of ether oxygens (including phenoxy) is 2. The van der Waals surface area contributed by atoms with Gasteiger partial charge < -0.3 is 14.6 Å². The standard InChI is InChI=1S/C29H35F3O6/c1-9-37-24(35)28(25(36)38-10-2,23(34)17-11-13-18(14-12-17)29(30,31)32)19-15-20(26(3,4)5)22(33)21(16-19)27(6,7)8/h11-16,33H,9-10H2,1-8H3. The van der Waals surface area contributed by atoms with Gasteiger partial charge >= 0.3 is 18.1 Å². The number of carbonyl (C=O) groups is 3. The third kappa shape index (κ3) is 5.87. The lowest BCUT2D eigenvalue weighted by Gasteiger charge is -2.33. The smallest absolute Gasteiger partial charge is 0.416 e. The van der Waals surface area contributed by atoms with Gasteiger partial charge in [-0.15, -0.1) is 0 Å². The number of aromatic hydroxyl groups is 1. The van der Waals surface area contributed by atoms with Crippen molar-refractivity contribution < 1.29 is 42.1 Å². The van der Waals surface area contributed by atoms with E-state index in [1.165, 1.54) is 26.0 Å². The van der Waals surface area contributed by atoms with Crippen molar-refractivity contribution in [2.45, 2.75) is 77.8 Å². The zero-order valence-electron chi connectivity index (χ0n) is 23.0. The van der Waals surface area contributed by atoms with Crippen molar-refractivity contribution in [1.82, 2.24) is 0 Å². The van der Waals surface area contributed by atoms with Crippen LogP contribution in [0, 0.1) is 0 Å². The minimum Gasteiger partial charge on any atom is -0.507 e. The van der Waals surface area contributed by atoms with Crippen LogP contribution in [0.5, 0.6) is 5.75 Å². The van der Waals surface area contributed by atoms with E-state index < -0.39 is 45.7 Å². The number of alkyl halides is 3. The third-order valence-corrected chi connectivity index (χ3v) is 6.14. The van der Waals surface area contributed by atoms with E-state index in [1.54, 1.807) is 0 Å². The number of benzene rings is 2. The third-order valence-electron chi connectivity index (χ3n) is 6.14. The fourth-order valence-corrected chi connectivity index (χ4v) is 4.14. The maximum Gasteiger partial charge on any atom is 0.416 e.